The van der Waals surface area contributed by atoms with Gasteiger partial charge in [0.05, 0.1) is 16.7 Å². The van der Waals surface area contributed by atoms with Gasteiger partial charge in [-0.05, 0) is 48.2 Å². The smallest absolute Gasteiger partial charge is 0.233 e. The maximum absolute atomic E-state index is 12.0. The Kier molecular flexibility index (Phi) is 4.95. The summed E-state index contributed by atoms with van der Waals surface area (Å²) in [5.74, 6) is 1.54. The SMILES string of the molecule is Cc1cccc(C)c1-n1nnnc1CS[C@@H]1CCCCNC1=O. The molecule has 0 aliphatic carbocycles. The molecule has 1 saturated heterocycles. The second kappa shape index (κ2) is 7.12. The third-order valence-corrected chi connectivity index (χ3v) is 5.36. The number of thioether (sulfide) groups is 1. The van der Waals surface area contributed by atoms with Crippen LogP contribution in [0.3, 0.4) is 0 Å². The van der Waals surface area contributed by atoms with E-state index < -0.39 is 0 Å². The number of aromatic nitrogens is 4. The predicted molar refractivity (Wildman–Crippen MR) is 90.6 cm³/mol. The Morgan fingerprint density at radius 3 is 2.87 bits per heavy atom. The Labute approximate surface area is 140 Å². The average Bonchev–Trinajstić information content (AvgIpc) is 2.88. The highest BCUT2D eigenvalue weighted by molar-refractivity contribution is 7.99. The van der Waals surface area contributed by atoms with Gasteiger partial charge in [0, 0.05) is 6.54 Å². The summed E-state index contributed by atoms with van der Waals surface area (Å²) in [5.41, 5.74) is 3.30. The molecule has 0 spiro atoms. The lowest BCUT2D eigenvalue weighted by atomic mass is 10.1. The van der Waals surface area contributed by atoms with E-state index in [2.05, 4.69) is 46.8 Å². The van der Waals surface area contributed by atoms with Gasteiger partial charge < -0.3 is 5.32 Å². The molecule has 23 heavy (non-hydrogen) atoms. The van der Waals surface area contributed by atoms with E-state index in [-0.39, 0.29) is 11.2 Å². The van der Waals surface area contributed by atoms with Crippen LogP contribution in [0.2, 0.25) is 0 Å². The van der Waals surface area contributed by atoms with Crippen LogP contribution in [0.1, 0.15) is 36.2 Å². The molecule has 1 aromatic heterocycles. The third kappa shape index (κ3) is 3.55. The van der Waals surface area contributed by atoms with Crippen molar-refractivity contribution in [1.82, 2.24) is 25.5 Å². The molecule has 0 unspecified atom stereocenters. The van der Waals surface area contributed by atoms with Crippen LogP contribution in [0.5, 0.6) is 0 Å². The maximum atomic E-state index is 12.0. The number of amides is 1. The van der Waals surface area contributed by atoms with Crippen LogP contribution in [0.15, 0.2) is 18.2 Å². The van der Waals surface area contributed by atoms with Crippen LogP contribution in [-0.4, -0.2) is 37.9 Å². The summed E-state index contributed by atoms with van der Waals surface area (Å²) in [6.07, 6.45) is 3.06. The molecule has 1 N–H and O–H groups in total. The summed E-state index contributed by atoms with van der Waals surface area (Å²) in [4.78, 5) is 12.0. The van der Waals surface area contributed by atoms with Crippen molar-refractivity contribution in [2.45, 2.75) is 44.1 Å². The molecule has 0 saturated carbocycles. The van der Waals surface area contributed by atoms with Crippen LogP contribution < -0.4 is 5.32 Å². The first-order chi connectivity index (χ1) is 11.2. The molecule has 1 fully saturated rings. The third-order valence-electron chi connectivity index (χ3n) is 4.08. The number of aryl methyl sites for hydroxylation is 2. The lowest BCUT2D eigenvalue weighted by Gasteiger charge is -2.14. The predicted octanol–water partition coefficient (Wildman–Crippen LogP) is 2.18. The van der Waals surface area contributed by atoms with E-state index in [0.29, 0.717) is 5.75 Å². The fraction of sp³-hybridized carbons (Fsp3) is 0.500. The summed E-state index contributed by atoms with van der Waals surface area (Å²) in [6, 6.07) is 6.14. The van der Waals surface area contributed by atoms with E-state index in [1.54, 1.807) is 16.4 Å². The molecule has 2 heterocycles. The van der Waals surface area contributed by atoms with Crippen molar-refractivity contribution in [3.63, 3.8) is 0 Å². The largest absolute Gasteiger partial charge is 0.355 e. The number of nitrogens with zero attached hydrogens (tertiary/aromatic N) is 4. The van der Waals surface area contributed by atoms with Gasteiger partial charge in [-0.3, -0.25) is 4.79 Å². The maximum Gasteiger partial charge on any atom is 0.233 e. The standard InChI is InChI=1S/C16H21N5OS/c1-11-6-5-7-12(2)15(11)21-14(18-19-20-21)10-23-13-8-3-4-9-17-16(13)22/h5-7,13H,3-4,8-10H2,1-2H3,(H,17,22)/t13-/m1/s1. The Balaban J connectivity index is 1.78. The van der Waals surface area contributed by atoms with Gasteiger partial charge in [-0.1, -0.05) is 24.6 Å². The Morgan fingerprint density at radius 1 is 1.30 bits per heavy atom. The van der Waals surface area contributed by atoms with Crippen molar-refractivity contribution in [3.8, 4) is 5.69 Å². The van der Waals surface area contributed by atoms with Gasteiger partial charge in [-0.2, -0.15) is 4.68 Å². The summed E-state index contributed by atoms with van der Waals surface area (Å²) >= 11 is 1.62. The average molecular weight is 331 g/mol. The van der Waals surface area contributed by atoms with Gasteiger partial charge in [0.25, 0.3) is 0 Å². The number of rotatable bonds is 4. The summed E-state index contributed by atoms with van der Waals surface area (Å²) < 4.78 is 1.80. The minimum atomic E-state index is -0.0133. The molecule has 1 amide bonds. The highest BCUT2D eigenvalue weighted by Gasteiger charge is 2.22. The van der Waals surface area contributed by atoms with Crippen molar-refractivity contribution in [3.05, 3.63) is 35.2 Å². The monoisotopic (exact) mass is 331 g/mol. The van der Waals surface area contributed by atoms with E-state index in [0.717, 1.165) is 48.4 Å². The van der Waals surface area contributed by atoms with Crippen LogP contribution in [0, 0.1) is 13.8 Å². The van der Waals surface area contributed by atoms with E-state index in [1.165, 1.54) is 0 Å². The fourth-order valence-electron chi connectivity index (χ4n) is 2.85. The van der Waals surface area contributed by atoms with Crippen LogP contribution in [-0.2, 0) is 10.5 Å². The normalized spacial score (nSPS) is 18.5. The number of tetrazole rings is 1. The number of hydrogen-bond acceptors (Lipinski definition) is 5. The van der Waals surface area contributed by atoms with Gasteiger partial charge in [0.2, 0.25) is 5.91 Å². The van der Waals surface area contributed by atoms with Gasteiger partial charge in [-0.25, -0.2) is 0 Å². The molecule has 1 aromatic carbocycles. The van der Waals surface area contributed by atoms with Crippen molar-refractivity contribution < 1.29 is 4.79 Å². The molecule has 122 valence electrons. The molecular formula is C16H21N5OS. The number of hydrogen-bond donors (Lipinski definition) is 1. The second-order valence-electron chi connectivity index (χ2n) is 5.83. The molecule has 1 aliphatic heterocycles. The molecule has 0 radical (unpaired) electrons. The van der Waals surface area contributed by atoms with Crippen molar-refractivity contribution in [1.29, 1.82) is 0 Å². The topological polar surface area (TPSA) is 72.7 Å². The zero-order valence-electron chi connectivity index (χ0n) is 13.5. The van der Waals surface area contributed by atoms with Crippen LogP contribution >= 0.6 is 11.8 Å². The molecule has 1 aliphatic rings. The quantitative estimate of drug-likeness (QED) is 0.929. The molecular weight excluding hydrogens is 310 g/mol. The zero-order valence-corrected chi connectivity index (χ0v) is 14.3. The lowest BCUT2D eigenvalue weighted by molar-refractivity contribution is -0.120. The number of carbonyl (C=O) groups is 1. The molecule has 7 heteroatoms. The highest BCUT2D eigenvalue weighted by atomic mass is 32.2. The van der Waals surface area contributed by atoms with E-state index in [9.17, 15) is 4.79 Å². The first kappa shape index (κ1) is 16.0. The Bertz CT molecular complexity index is 679. The van der Waals surface area contributed by atoms with E-state index in [1.807, 2.05) is 6.07 Å². The second-order valence-corrected chi connectivity index (χ2v) is 7.02. The molecule has 3 rings (SSSR count). The first-order valence-electron chi connectivity index (χ1n) is 7.90. The van der Waals surface area contributed by atoms with E-state index in [4.69, 9.17) is 0 Å². The molecule has 1 atom stereocenters. The fourth-order valence-corrected chi connectivity index (χ4v) is 3.95. The molecule has 6 nitrogen and oxygen atoms in total. The zero-order chi connectivity index (χ0) is 16.2. The van der Waals surface area contributed by atoms with Gasteiger partial charge >= 0.3 is 0 Å². The first-order valence-corrected chi connectivity index (χ1v) is 8.95. The van der Waals surface area contributed by atoms with Gasteiger partial charge in [0.1, 0.15) is 0 Å². The number of nitrogens with one attached hydrogen (secondary N) is 1. The highest BCUT2D eigenvalue weighted by Crippen LogP contribution is 2.25. The number of benzene rings is 1. The van der Waals surface area contributed by atoms with E-state index >= 15 is 0 Å². The van der Waals surface area contributed by atoms with Crippen LogP contribution in [0.4, 0.5) is 0 Å². The summed E-state index contributed by atoms with van der Waals surface area (Å²) in [7, 11) is 0. The van der Waals surface area contributed by atoms with Gasteiger partial charge in [-0.15, -0.1) is 16.9 Å². The number of para-hydroxylation sites is 1. The summed E-state index contributed by atoms with van der Waals surface area (Å²) in [6.45, 7) is 4.90. The molecule has 0 bridgehead atoms. The van der Waals surface area contributed by atoms with Crippen molar-refractivity contribution in [2.24, 2.45) is 0 Å². The van der Waals surface area contributed by atoms with Crippen molar-refractivity contribution >= 4 is 17.7 Å². The summed E-state index contributed by atoms with van der Waals surface area (Å²) in [5, 5.41) is 15.1. The van der Waals surface area contributed by atoms with Gasteiger partial charge in [0.15, 0.2) is 5.82 Å². The van der Waals surface area contributed by atoms with Crippen LogP contribution in [0.25, 0.3) is 5.69 Å². The lowest BCUT2D eigenvalue weighted by Crippen LogP contribution is -2.30. The number of carbonyl (C=O) groups excluding carboxylic acids is 1. The van der Waals surface area contributed by atoms with Crippen molar-refractivity contribution in [2.75, 3.05) is 6.54 Å². The minimum absolute atomic E-state index is 0.0133. The minimum Gasteiger partial charge on any atom is -0.355 e. The Hall–Kier alpha value is -1.89. The Morgan fingerprint density at radius 2 is 2.09 bits per heavy atom. The molecule has 2 aromatic rings.